The van der Waals surface area contributed by atoms with Crippen LogP contribution in [0.5, 0.6) is 0 Å². The minimum Gasteiger partial charge on any atom is -0.378 e. The number of unbranched alkanes of at least 4 members (excludes halogenated alkanes) is 3. The lowest BCUT2D eigenvalue weighted by Crippen LogP contribution is -2.25. The lowest BCUT2D eigenvalue weighted by molar-refractivity contribution is 0.101. The molecule has 2 atom stereocenters. The topological polar surface area (TPSA) is 21.3 Å². The van der Waals surface area contributed by atoms with Crippen molar-refractivity contribution in [2.45, 2.75) is 83.3 Å². The molecular weight excluding hydrogens is 210 g/mol. The van der Waals surface area contributed by atoms with Gasteiger partial charge in [-0.15, -0.1) is 0 Å². The summed E-state index contributed by atoms with van der Waals surface area (Å²) in [4.78, 5) is 0. The molecule has 0 bridgehead atoms. The molecule has 1 fully saturated rings. The van der Waals surface area contributed by atoms with E-state index in [9.17, 15) is 0 Å². The molecular formula is C15H31NO. The van der Waals surface area contributed by atoms with E-state index >= 15 is 0 Å². The van der Waals surface area contributed by atoms with E-state index < -0.39 is 0 Å². The molecule has 17 heavy (non-hydrogen) atoms. The van der Waals surface area contributed by atoms with E-state index in [0.29, 0.717) is 6.10 Å². The Morgan fingerprint density at radius 3 is 2.65 bits per heavy atom. The normalized spacial score (nSPS) is 21.9. The summed E-state index contributed by atoms with van der Waals surface area (Å²) < 4.78 is 5.66. The molecule has 0 radical (unpaired) electrons. The highest BCUT2D eigenvalue weighted by atomic mass is 16.5. The summed E-state index contributed by atoms with van der Waals surface area (Å²) in [5, 5.41) is 3.46. The number of hydrogen-bond acceptors (Lipinski definition) is 2. The standard InChI is InChI=1S/C15H31NO/c1-3-4-5-6-9-14(16-2)10-7-11-15-12-8-13-17-15/h14-16H,3-13H2,1-2H3. The number of rotatable bonds is 10. The number of hydrogen-bond donors (Lipinski definition) is 1. The zero-order valence-corrected chi connectivity index (χ0v) is 11.8. The van der Waals surface area contributed by atoms with Gasteiger partial charge < -0.3 is 10.1 Å². The van der Waals surface area contributed by atoms with Gasteiger partial charge in [0, 0.05) is 12.6 Å². The molecule has 2 heteroatoms. The first-order chi connectivity index (χ1) is 8.36. The maximum atomic E-state index is 5.66. The van der Waals surface area contributed by atoms with Gasteiger partial charge in [-0.3, -0.25) is 0 Å². The van der Waals surface area contributed by atoms with Gasteiger partial charge in [-0.1, -0.05) is 32.6 Å². The molecule has 0 aromatic heterocycles. The quantitative estimate of drug-likeness (QED) is 0.586. The monoisotopic (exact) mass is 241 g/mol. The van der Waals surface area contributed by atoms with Crippen molar-refractivity contribution in [2.75, 3.05) is 13.7 Å². The maximum Gasteiger partial charge on any atom is 0.0576 e. The van der Waals surface area contributed by atoms with Gasteiger partial charge in [0.25, 0.3) is 0 Å². The van der Waals surface area contributed by atoms with Crippen LogP contribution in [0.2, 0.25) is 0 Å². The van der Waals surface area contributed by atoms with Crippen LogP contribution in [0.15, 0.2) is 0 Å². The average Bonchev–Trinajstić information content (AvgIpc) is 2.85. The highest BCUT2D eigenvalue weighted by molar-refractivity contribution is 4.69. The Kier molecular flexibility index (Phi) is 8.72. The van der Waals surface area contributed by atoms with Gasteiger partial charge in [-0.25, -0.2) is 0 Å². The molecule has 102 valence electrons. The zero-order chi connectivity index (χ0) is 12.3. The lowest BCUT2D eigenvalue weighted by Gasteiger charge is -2.17. The number of nitrogens with one attached hydrogen (secondary N) is 1. The summed E-state index contributed by atoms with van der Waals surface area (Å²) in [7, 11) is 2.11. The summed E-state index contributed by atoms with van der Waals surface area (Å²) in [5.41, 5.74) is 0. The summed E-state index contributed by atoms with van der Waals surface area (Å²) in [6, 6.07) is 0.730. The summed E-state index contributed by atoms with van der Waals surface area (Å²) in [6.45, 7) is 3.27. The molecule has 0 aromatic carbocycles. The highest BCUT2D eigenvalue weighted by Gasteiger charge is 2.15. The Bertz CT molecular complexity index is 166. The minimum atomic E-state index is 0.576. The second kappa shape index (κ2) is 9.90. The molecule has 0 spiro atoms. The van der Waals surface area contributed by atoms with Gasteiger partial charge in [0.15, 0.2) is 0 Å². The SMILES string of the molecule is CCCCCCC(CCCC1CCCO1)NC. The van der Waals surface area contributed by atoms with Gasteiger partial charge >= 0.3 is 0 Å². The van der Waals surface area contributed by atoms with Crippen LogP contribution in [0, 0.1) is 0 Å². The van der Waals surface area contributed by atoms with Crippen molar-refractivity contribution in [2.24, 2.45) is 0 Å². The third-order valence-corrected chi connectivity index (χ3v) is 3.92. The third kappa shape index (κ3) is 7.05. The molecule has 1 heterocycles. The van der Waals surface area contributed by atoms with E-state index in [1.54, 1.807) is 0 Å². The molecule has 1 N–H and O–H groups in total. The van der Waals surface area contributed by atoms with Gasteiger partial charge in [0.2, 0.25) is 0 Å². The molecule has 2 nitrogen and oxygen atoms in total. The Balaban J connectivity index is 1.97. The molecule has 1 saturated heterocycles. The average molecular weight is 241 g/mol. The fraction of sp³-hybridized carbons (Fsp3) is 1.00. The Hall–Kier alpha value is -0.0800. The minimum absolute atomic E-state index is 0.576. The molecule has 0 aromatic rings. The van der Waals surface area contributed by atoms with E-state index in [0.717, 1.165) is 12.6 Å². The van der Waals surface area contributed by atoms with E-state index in [2.05, 4.69) is 19.3 Å². The highest BCUT2D eigenvalue weighted by Crippen LogP contribution is 2.19. The van der Waals surface area contributed by atoms with Crippen LogP contribution in [0.3, 0.4) is 0 Å². The van der Waals surface area contributed by atoms with Crippen LogP contribution in [0.1, 0.15) is 71.1 Å². The van der Waals surface area contributed by atoms with Crippen molar-refractivity contribution in [3.63, 3.8) is 0 Å². The fourth-order valence-corrected chi connectivity index (χ4v) is 2.71. The number of ether oxygens (including phenoxy) is 1. The van der Waals surface area contributed by atoms with Crippen molar-refractivity contribution < 1.29 is 4.74 Å². The van der Waals surface area contributed by atoms with Crippen molar-refractivity contribution in [1.29, 1.82) is 0 Å². The van der Waals surface area contributed by atoms with Crippen LogP contribution < -0.4 is 5.32 Å². The molecule has 0 saturated carbocycles. The smallest absolute Gasteiger partial charge is 0.0576 e. The first-order valence-corrected chi connectivity index (χ1v) is 7.65. The molecule has 1 aliphatic heterocycles. The second-order valence-corrected chi connectivity index (χ2v) is 5.40. The zero-order valence-electron chi connectivity index (χ0n) is 11.8. The van der Waals surface area contributed by atoms with E-state index in [1.807, 2.05) is 0 Å². The molecule has 1 aliphatic rings. The van der Waals surface area contributed by atoms with Gasteiger partial charge in [-0.05, 0) is 45.6 Å². The van der Waals surface area contributed by atoms with Crippen LogP contribution in [0.4, 0.5) is 0 Å². The Morgan fingerprint density at radius 1 is 1.18 bits per heavy atom. The van der Waals surface area contributed by atoms with Gasteiger partial charge in [0.05, 0.1) is 6.10 Å². The largest absolute Gasteiger partial charge is 0.378 e. The Labute approximate surface area is 108 Å². The summed E-state index contributed by atoms with van der Waals surface area (Å²) >= 11 is 0. The first-order valence-electron chi connectivity index (χ1n) is 7.65. The predicted octanol–water partition coefficient (Wildman–Crippen LogP) is 3.89. The van der Waals surface area contributed by atoms with Gasteiger partial charge in [0.1, 0.15) is 0 Å². The predicted molar refractivity (Wildman–Crippen MR) is 74.4 cm³/mol. The third-order valence-electron chi connectivity index (χ3n) is 3.92. The first kappa shape index (κ1) is 15.0. The van der Waals surface area contributed by atoms with Crippen molar-refractivity contribution in [1.82, 2.24) is 5.32 Å². The van der Waals surface area contributed by atoms with Crippen LogP contribution in [-0.4, -0.2) is 25.8 Å². The van der Waals surface area contributed by atoms with E-state index in [4.69, 9.17) is 4.74 Å². The lowest BCUT2D eigenvalue weighted by atomic mass is 10.0. The summed E-state index contributed by atoms with van der Waals surface area (Å²) in [5.74, 6) is 0. The molecule has 0 amide bonds. The van der Waals surface area contributed by atoms with Crippen molar-refractivity contribution >= 4 is 0 Å². The molecule has 2 unspecified atom stereocenters. The summed E-state index contributed by atoms with van der Waals surface area (Å²) in [6.07, 6.45) is 13.9. The molecule has 0 aliphatic carbocycles. The van der Waals surface area contributed by atoms with Crippen LogP contribution >= 0.6 is 0 Å². The van der Waals surface area contributed by atoms with Gasteiger partial charge in [-0.2, -0.15) is 0 Å². The van der Waals surface area contributed by atoms with Crippen LogP contribution in [-0.2, 0) is 4.74 Å². The van der Waals surface area contributed by atoms with E-state index in [1.165, 1.54) is 64.2 Å². The van der Waals surface area contributed by atoms with E-state index in [-0.39, 0.29) is 0 Å². The van der Waals surface area contributed by atoms with Crippen LogP contribution in [0.25, 0.3) is 0 Å². The maximum absolute atomic E-state index is 5.66. The second-order valence-electron chi connectivity index (χ2n) is 5.40. The van der Waals surface area contributed by atoms with Crippen molar-refractivity contribution in [3.05, 3.63) is 0 Å². The van der Waals surface area contributed by atoms with Crippen molar-refractivity contribution in [3.8, 4) is 0 Å². The fourth-order valence-electron chi connectivity index (χ4n) is 2.71. The molecule has 1 rings (SSSR count). The Morgan fingerprint density at radius 2 is 2.00 bits per heavy atom.